The maximum absolute atomic E-state index is 11.5. The topological polar surface area (TPSA) is 84.2 Å². The third-order valence-electron chi connectivity index (χ3n) is 2.73. The van der Waals surface area contributed by atoms with E-state index in [1.54, 1.807) is 0 Å². The second kappa shape index (κ2) is 6.54. The van der Waals surface area contributed by atoms with Crippen LogP contribution in [-0.4, -0.2) is 27.5 Å². The van der Waals surface area contributed by atoms with E-state index in [1.165, 1.54) is 0 Å². The molecular weight excluding hydrogens is 226 g/mol. The molecule has 5 nitrogen and oxygen atoms in total. The SMILES string of the molecule is CCCC(CCN)CNS(=O)(=O)NC1CC1. The van der Waals surface area contributed by atoms with E-state index in [4.69, 9.17) is 5.73 Å². The summed E-state index contributed by atoms with van der Waals surface area (Å²) in [6, 6.07) is 0.164. The Morgan fingerprint density at radius 1 is 1.38 bits per heavy atom. The van der Waals surface area contributed by atoms with Crippen LogP contribution in [0.3, 0.4) is 0 Å². The largest absolute Gasteiger partial charge is 0.330 e. The minimum absolute atomic E-state index is 0.164. The van der Waals surface area contributed by atoms with E-state index in [0.717, 1.165) is 32.1 Å². The van der Waals surface area contributed by atoms with Gasteiger partial charge in [-0.3, -0.25) is 0 Å². The van der Waals surface area contributed by atoms with Crippen molar-refractivity contribution >= 4 is 10.2 Å². The molecule has 0 spiro atoms. The molecule has 0 heterocycles. The van der Waals surface area contributed by atoms with Gasteiger partial charge in [-0.2, -0.15) is 13.1 Å². The monoisotopic (exact) mass is 249 g/mol. The first-order valence-electron chi connectivity index (χ1n) is 6.04. The number of rotatable bonds is 9. The van der Waals surface area contributed by atoms with E-state index >= 15 is 0 Å². The lowest BCUT2D eigenvalue weighted by atomic mass is 10.0. The van der Waals surface area contributed by atoms with Gasteiger partial charge in [-0.25, -0.2) is 4.72 Å². The van der Waals surface area contributed by atoms with E-state index in [9.17, 15) is 8.42 Å². The minimum Gasteiger partial charge on any atom is -0.330 e. The molecule has 6 heteroatoms. The molecule has 96 valence electrons. The van der Waals surface area contributed by atoms with Crippen molar-refractivity contribution in [2.45, 2.75) is 45.1 Å². The van der Waals surface area contributed by atoms with Gasteiger partial charge in [0.2, 0.25) is 0 Å². The second-order valence-corrected chi connectivity index (χ2v) is 6.01. The first kappa shape index (κ1) is 13.9. The molecule has 0 aromatic carbocycles. The highest BCUT2D eigenvalue weighted by Crippen LogP contribution is 2.19. The van der Waals surface area contributed by atoms with Crippen LogP contribution < -0.4 is 15.2 Å². The average Bonchev–Trinajstić information content (AvgIpc) is 2.98. The Morgan fingerprint density at radius 3 is 2.56 bits per heavy atom. The van der Waals surface area contributed by atoms with E-state index in [2.05, 4.69) is 16.4 Å². The van der Waals surface area contributed by atoms with Crippen molar-refractivity contribution in [2.24, 2.45) is 11.7 Å². The van der Waals surface area contributed by atoms with Crippen molar-refractivity contribution in [1.29, 1.82) is 0 Å². The number of hydrogen-bond acceptors (Lipinski definition) is 3. The zero-order chi connectivity index (χ0) is 12.0. The third-order valence-corrected chi connectivity index (χ3v) is 3.92. The van der Waals surface area contributed by atoms with Gasteiger partial charge in [-0.05, 0) is 38.1 Å². The predicted octanol–water partition coefficient (Wildman–Crippen LogP) is 0.338. The van der Waals surface area contributed by atoms with Crippen LogP contribution in [-0.2, 0) is 10.2 Å². The molecule has 1 unspecified atom stereocenters. The summed E-state index contributed by atoms with van der Waals surface area (Å²) in [6.45, 7) is 3.20. The Labute approximate surface area is 98.4 Å². The summed E-state index contributed by atoms with van der Waals surface area (Å²) in [5, 5.41) is 0. The molecule has 1 atom stereocenters. The average molecular weight is 249 g/mol. The Balaban J connectivity index is 2.28. The fraction of sp³-hybridized carbons (Fsp3) is 1.00. The summed E-state index contributed by atoms with van der Waals surface area (Å²) in [5.74, 6) is 0.353. The second-order valence-electron chi connectivity index (χ2n) is 4.48. The van der Waals surface area contributed by atoms with Crippen LogP contribution >= 0.6 is 0 Å². The van der Waals surface area contributed by atoms with Crippen LogP contribution in [0.2, 0.25) is 0 Å². The maximum atomic E-state index is 11.5. The number of nitrogens with two attached hydrogens (primary N) is 1. The molecule has 16 heavy (non-hydrogen) atoms. The minimum atomic E-state index is -3.29. The van der Waals surface area contributed by atoms with E-state index in [0.29, 0.717) is 19.0 Å². The summed E-state index contributed by atoms with van der Waals surface area (Å²) in [6.07, 6.45) is 4.87. The van der Waals surface area contributed by atoms with Gasteiger partial charge in [-0.1, -0.05) is 13.3 Å². The molecule has 0 radical (unpaired) electrons. The molecular formula is C10H23N3O2S. The first-order chi connectivity index (χ1) is 7.57. The predicted molar refractivity (Wildman–Crippen MR) is 65.1 cm³/mol. The van der Waals surface area contributed by atoms with Gasteiger partial charge in [0.15, 0.2) is 0 Å². The lowest BCUT2D eigenvalue weighted by molar-refractivity contribution is 0.441. The normalized spacial score (nSPS) is 18.6. The fourth-order valence-electron chi connectivity index (χ4n) is 1.68. The molecule has 1 saturated carbocycles. The van der Waals surface area contributed by atoms with Crippen LogP contribution in [0.25, 0.3) is 0 Å². The lowest BCUT2D eigenvalue weighted by Gasteiger charge is -2.16. The van der Waals surface area contributed by atoms with Gasteiger partial charge in [0.25, 0.3) is 10.2 Å². The van der Waals surface area contributed by atoms with Gasteiger partial charge in [-0.15, -0.1) is 0 Å². The fourth-order valence-corrected chi connectivity index (χ4v) is 2.90. The van der Waals surface area contributed by atoms with E-state index < -0.39 is 10.2 Å². The van der Waals surface area contributed by atoms with Crippen LogP contribution in [0.5, 0.6) is 0 Å². The van der Waals surface area contributed by atoms with Crippen molar-refractivity contribution < 1.29 is 8.42 Å². The van der Waals surface area contributed by atoms with Gasteiger partial charge in [0, 0.05) is 12.6 Å². The van der Waals surface area contributed by atoms with Crippen molar-refractivity contribution in [1.82, 2.24) is 9.44 Å². The highest BCUT2D eigenvalue weighted by molar-refractivity contribution is 7.87. The molecule has 1 fully saturated rings. The van der Waals surface area contributed by atoms with Gasteiger partial charge < -0.3 is 5.73 Å². The molecule has 4 N–H and O–H groups in total. The van der Waals surface area contributed by atoms with Crippen molar-refractivity contribution in [3.8, 4) is 0 Å². The Hall–Kier alpha value is -0.170. The van der Waals surface area contributed by atoms with Gasteiger partial charge in [0.05, 0.1) is 0 Å². The molecule has 1 aliphatic rings. The molecule has 0 saturated heterocycles. The molecule has 1 rings (SSSR count). The standard InChI is InChI=1S/C10H23N3O2S/c1-2-3-9(6-7-11)8-12-16(14,15)13-10-4-5-10/h9-10,12-13H,2-8,11H2,1H3. The summed E-state index contributed by atoms with van der Waals surface area (Å²) >= 11 is 0. The van der Waals surface area contributed by atoms with Crippen LogP contribution in [0, 0.1) is 5.92 Å². The lowest BCUT2D eigenvalue weighted by Crippen LogP contribution is -2.40. The zero-order valence-electron chi connectivity index (χ0n) is 9.91. The van der Waals surface area contributed by atoms with Crippen LogP contribution in [0.4, 0.5) is 0 Å². The molecule has 0 aromatic rings. The Morgan fingerprint density at radius 2 is 2.06 bits per heavy atom. The van der Waals surface area contributed by atoms with Crippen molar-refractivity contribution in [2.75, 3.05) is 13.1 Å². The van der Waals surface area contributed by atoms with Gasteiger partial charge in [0.1, 0.15) is 0 Å². The number of hydrogen-bond donors (Lipinski definition) is 3. The van der Waals surface area contributed by atoms with Gasteiger partial charge >= 0.3 is 0 Å². The van der Waals surface area contributed by atoms with Crippen molar-refractivity contribution in [3.05, 3.63) is 0 Å². The summed E-state index contributed by atoms with van der Waals surface area (Å²) in [7, 11) is -3.29. The summed E-state index contributed by atoms with van der Waals surface area (Å²) < 4.78 is 28.3. The molecule has 1 aliphatic carbocycles. The highest BCUT2D eigenvalue weighted by Gasteiger charge is 2.26. The molecule has 0 aliphatic heterocycles. The Kier molecular flexibility index (Phi) is 5.68. The van der Waals surface area contributed by atoms with Crippen LogP contribution in [0.15, 0.2) is 0 Å². The summed E-state index contributed by atoms with van der Waals surface area (Å²) in [5.41, 5.74) is 5.50. The Bertz CT molecular complexity index is 282. The van der Waals surface area contributed by atoms with Crippen LogP contribution in [0.1, 0.15) is 39.0 Å². The molecule has 0 amide bonds. The smallest absolute Gasteiger partial charge is 0.277 e. The molecule has 0 aromatic heterocycles. The van der Waals surface area contributed by atoms with E-state index in [-0.39, 0.29) is 6.04 Å². The number of nitrogens with one attached hydrogen (secondary N) is 2. The maximum Gasteiger partial charge on any atom is 0.277 e. The highest BCUT2D eigenvalue weighted by atomic mass is 32.2. The summed E-state index contributed by atoms with van der Waals surface area (Å²) in [4.78, 5) is 0. The zero-order valence-corrected chi connectivity index (χ0v) is 10.7. The quantitative estimate of drug-likeness (QED) is 0.551. The van der Waals surface area contributed by atoms with Crippen molar-refractivity contribution in [3.63, 3.8) is 0 Å². The molecule has 0 bridgehead atoms. The third kappa shape index (κ3) is 5.79. The first-order valence-corrected chi connectivity index (χ1v) is 7.52. The van der Waals surface area contributed by atoms with E-state index in [1.807, 2.05) is 0 Å².